The van der Waals surface area contributed by atoms with Crippen LogP contribution in [0.15, 0.2) is 46.9 Å². The van der Waals surface area contributed by atoms with Crippen molar-refractivity contribution in [3.8, 4) is 0 Å². The summed E-state index contributed by atoms with van der Waals surface area (Å²) in [6.45, 7) is 0. The number of carboxylic acid groups (broad SMARTS) is 1. The van der Waals surface area contributed by atoms with Gasteiger partial charge in [0.25, 0.3) is 0 Å². The molecule has 0 amide bonds. The van der Waals surface area contributed by atoms with Crippen LogP contribution in [0.5, 0.6) is 0 Å². The molecule has 0 fully saturated rings. The molecule has 1 atom stereocenters. The first kappa shape index (κ1) is 16.0. The second-order valence-corrected chi connectivity index (χ2v) is 6.09. The highest BCUT2D eigenvalue weighted by molar-refractivity contribution is 9.10. The first-order chi connectivity index (χ1) is 9.97. The SMILES string of the molecule is O=C(O)C(Cc1ccc(Br)cc1F)Cc1ccccc1Cl. The number of hydrogen-bond donors (Lipinski definition) is 1. The van der Waals surface area contributed by atoms with Crippen molar-refractivity contribution in [2.45, 2.75) is 12.8 Å². The third-order valence-corrected chi connectivity index (χ3v) is 4.12. The van der Waals surface area contributed by atoms with E-state index in [9.17, 15) is 14.3 Å². The second kappa shape index (κ2) is 7.05. The summed E-state index contributed by atoms with van der Waals surface area (Å²) in [7, 11) is 0. The van der Waals surface area contributed by atoms with Gasteiger partial charge in [-0.25, -0.2) is 4.39 Å². The Bertz CT molecular complexity index is 660. The van der Waals surface area contributed by atoms with Crippen molar-refractivity contribution in [3.05, 3.63) is 68.9 Å². The molecule has 0 aromatic heterocycles. The lowest BCUT2D eigenvalue weighted by molar-refractivity contribution is -0.141. The van der Waals surface area contributed by atoms with Gasteiger partial charge in [-0.2, -0.15) is 0 Å². The molecule has 2 rings (SSSR count). The molecule has 0 saturated carbocycles. The van der Waals surface area contributed by atoms with E-state index in [0.717, 1.165) is 5.56 Å². The van der Waals surface area contributed by atoms with Gasteiger partial charge in [-0.1, -0.05) is 51.8 Å². The quantitative estimate of drug-likeness (QED) is 0.825. The molecule has 21 heavy (non-hydrogen) atoms. The largest absolute Gasteiger partial charge is 0.481 e. The smallest absolute Gasteiger partial charge is 0.307 e. The number of aliphatic carboxylic acids is 1. The van der Waals surface area contributed by atoms with Crippen LogP contribution in [0.1, 0.15) is 11.1 Å². The molecule has 0 aliphatic rings. The zero-order valence-corrected chi connectivity index (χ0v) is 13.4. The predicted molar refractivity (Wildman–Crippen MR) is 84.1 cm³/mol. The number of rotatable bonds is 5. The summed E-state index contributed by atoms with van der Waals surface area (Å²) < 4.78 is 14.5. The van der Waals surface area contributed by atoms with Crippen LogP contribution < -0.4 is 0 Å². The normalized spacial score (nSPS) is 12.1. The van der Waals surface area contributed by atoms with Gasteiger partial charge in [-0.15, -0.1) is 0 Å². The topological polar surface area (TPSA) is 37.3 Å². The summed E-state index contributed by atoms with van der Waals surface area (Å²) >= 11 is 9.24. The summed E-state index contributed by atoms with van der Waals surface area (Å²) in [6.07, 6.45) is 0.393. The molecule has 0 radical (unpaired) electrons. The summed E-state index contributed by atoms with van der Waals surface area (Å²) in [5, 5.41) is 9.89. The lowest BCUT2D eigenvalue weighted by Crippen LogP contribution is -2.20. The summed E-state index contributed by atoms with van der Waals surface area (Å²) in [5.41, 5.74) is 1.14. The fraction of sp³-hybridized carbons (Fsp3) is 0.188. The standard InChI is InChI=1S/C16H13BrClFO2/c17-13-6-5-11(15(19)9-13)8-12(16(20)21)7-10-3-1-2-4-14(10)18/h1-6,9,12H,7-8H2,(H,20,21). The molecule has 0 aliphatic heterocycles. The maximum Gasteiger partial charge on any atom is 0.307 e. The maximum atomic E-state index is 13.8. The van der Waals surface area contributed by atoms with Gasteiger partial charge in [0.05, 0.1) is 5.92 Å². The van der Waals surface area contributed by atoms with E-state index >= 15 is 0 Å². The van der Waals surface area contributed by atoms with Gasteiger partial charge in [0, 0.05) is 9.50 Å². The van der Waals surface area contributed by atoms with Gasteiger partial charge >= 0.3 is 5.97 Å². The monoisotopic (exact) mass is 370 g/mol. The Hall–Kier alpha value is -1.39. The Morgan fingerprint density at radius 3 is 2.48 bits per heavy atom. The van der Waals surface area contributed by atoms with Gasteiger partial charge in [0.2, 0.25) is 0 Å². The summed E-state index contributed by atoms with van der Waals surface area (Å²) in [6, 6.07) is 11.7. The predicted octanol–water partition coefficient (Wildman–Crippen LogP) is 4.73. The van der Waals surface area contributed by atoms with E-state index in [1.807, 2.05) is 0 Å². The first-order valence-corrected chi connectivity index (χ1v) is 7.54. The lowest BCUT2D eigenvalue weighted by Gasteiger charge is -2.14. The fourth-order valence-electron chi connectivity index (χ4n) is 2.13. The van der Waals surface area contributed by atoms with Crippen molar-refractivity contribution >= 4 is 33.5 Å². The molecular formula is C16H13BrClFO2. The van der Waals surface area contributed by atoms with E-state index in [4.69, 9.17) is 11.6 Å². The Balaban J connectivity index is 2.20. The molecular weight excluding hydrogens is 359 g/mol. The minimum absolute atomic E-state index is 0.125. The Morgan fingerprint density at radius 1 is 1.19 bits per heavy atom. The van der Waals surface area contributed by atoms with E-state index in [-0.39, 0.29) is 12.8 Å². The fourth-order valence-corrected chi connectivity index (χ4v) is 2.67. The van der Waals surface area contributed by atoms with Crippen LogP contribution in [0.3, 0.4) is 0 Å². The zero-order valence-electron chi connectivity index (χ0n) is 11.0. The molecule has 1 unspecified atom stereocenters. The molecule has 0 spiro atoms. The van der Waals surface area contributed by atoms with Crippen LogP contribution >= 0.6 is 27.5 Å². The van der Waals surface area contributed by atoms with Crippen LogP contribution in [0.4, 0.5) is 4.39 Å². The van der Waals surface area contributed by atoms with E-state index in [1.165, 1.54) is 6.07 Å². The van der Waals surface area contributed by atoms with E-state index in [1.54, 1.807) is 36.4 Å². The van der Waals surface area contributed by atoms with Crippen LogP contribution in [-0.4, -0.2) is 11.1 Å². The number of carboxylic acids is 1. The minimum atomic E-state index is -0.961. The number of hydrogen-bond acceptors (Lipinski definition) is 1. The van der Waals surface area contributed by atoms with Crippen LogP contribution in [-0.2, 0) is 17.6 Å². The van der Waals surface area contributed by atoms with Gasteiger partial charge in [0.15, 0.2) is 0 Å². The lowest BCUT2D eigenvalue weighted by atomic mass is 9.92. The highest BCUT2D eigenvalue weighted by Gasteiger charge is 2.21. The van der Waals surface area contributed by atoms with Crippen LogP contribution in [0.25, 0.3) is 0 Å². The average Bonchev–Trinajstić information content (AvgIpc) is 2.42. The Morgan fingerprint density at radius 2 is 1.86 bits per heavy atom. The van der Waals surface area contributed by atoms with Gasteiger partial charge < -0.3 is 5.11 Å². The highest BCUT2D eigenvalue weighted by atomic mass is 79.9. The molecule has 0 saturated heterocycles. The highest BCUT2D eigenvalue weighted by Crippen LogP contribution is 2.23. The third-order valence-electron chi connectivity index (χ3n) is 3.25. The number of carbonyl (C=O) groups is 1. The first-order valence-electron chi connectivity index (χ1n) is 6.37. The van der Waals surface area contributed by atoms with Gasteiger partial charge in [-0.3, -0.25) is 4.79 Å². The second-order valence-electron chi connectivity index (χ2n) is 4.77. The van der Waals surface area contributed by atoms with E-state index in [0.29, 0.717) is 15.1 Å². The Labute approximate surface area is 135 Å². The molecule has 5 heteroatoms. The van der Waals surface area contributed by atoms with Crippen LogP contribution in [0.2, 0.25) is 5.02 Å². The van der Waals surface area contributed by atoms with Crippen molar-refractivity contribution in [1.82, 2.24) is 0 Å². The molecule has 2 aromatic carbocycles. The molecule has 2 aromatic rings. The summed E-state index contributed by atoms with van der Waals surface area (Å²) in [4.78, 5) is 11.4. The minimum Gasteiger partial charge on any atom is -0.481 e. The molecule has 1 N–H and O–H groups in total. The molecule has 110 valence electrons. The van der Waals surface area contributed by atoms with Crippen molar-refractivity contribution in [2.24, 2.45) is 5.92 Å². The number of halogens is 3. The summed E-state index contributed by atoms with van der Waals surface area (Å²) in [5.74, 6) is -2.09. The van der Waals surface area contributed by atoms with Crippen molar-refractivity contribution in [2.75, 3.05) is 0 Å². The molecule has 0 bridgehead atoms. The average molecular weight is 372 g/mol. The maximum absolute atomic E-state index is 13.8. The van der Waals surface area contributed by atoms with Gasteiger partial charge in [-0.05, 0) is 42.2 Å². The van der Waals surface area contributed by atoms with Crippen molar-refractivity contribution in [3.63, 3.8) is 0 Å². The van der Waals surface area contributed by atoms with Crippen LogP contribution in [0, 0.1) is 11.7 Å². The molecule has 0 heterocycles. The van der Waals surface area contributed by atoms with Crippen molar-refractivity contribution < 1.29 is 14.3 Å². The molecule has 2 nitrogen and oxygen atoms in total. The Kier molecular flexibility index (Phi) is 5.37. The zero-order chi connectivity index (χ0) is 15.4. The molecule has 0 aliphatic carbocycles. The van der Waals surface area contributed by atoms with E-state index < -0.39 is 17.7 Å². The number of benzene rings is 2. The third kappa shape index (κ3) is 4.29. The van der Waals surface area contributed by atoms with E-state index in [2.05, 4.69) is 15.9 Å². The van der Waals surface area contributed by atoms with Gasteiger partial charge in [0.1, 0.15) is 5.82 Å². The van der Waals surface area contributed by atoms with Crippen molar-refractivity contribution in [1.29, 1.82) is 0 Å².